The van der Waals surface area contributed by atoms with E-state index < -0.39 is 12.0 Å². The highest BCUT2D eigenvalue weighted by Gasteiger charge is 2.13. The molecule has 0 saturated carbocycles. The van der Waals surface area contributed by atoms with E-state index in [4.69, 9.17) is 5.73 Å². The van der Waals surface area contributed by atoms with Gasteiger partial charge in [0.1, 0.15) is 18.7 Å². The molecule has 0 aliphatic rings. The number of rotatable bonds is 3. The molecule has 0 fully saturated rings. The number of nitrogens with zero attached hydrogens (tertiary/aromatic N) is 3. The van der Waals surface area contributed by atoms with Crippen molar-refractivity contribution in [2.24, 2.45) is 5.73 Å². The van der Waals surface area contributed by atoms with Crippen molar-refractivity contribution in [1.29, 1.82) is 0 Å². The molecule has 66 valence electrons. The molecule has 1 heterocycles. The second-order valence-electron chi connectivity index (χ2n) is 2.25. The minimum atomic E-state index is -0.684. The molecule has 0 bridgehead atoms. The van der Waals surface area contributed by atoms with Crippen LogP contribution in [-0.4, -0.2) is 33.9 Å². The zero-order valence-corrected chi connectivity index (χ0v) is 6.67. The molecule has 1 rings (SSSR count). The Kier molecular flexibility index (Phi) is 2.76. The van der Waals surface area contributed by atoms with Gasteiger partial charge in [-0.05, 0) is 0 Å². The molecule has 1 atom stereocenters. The zero-order valence-electron chi connectivity index (χ0n) is 6.67. The number of hydrogen-bond acceptors (Lipinski definition) is 5. The summed E-state index contributed by atoms with van der Waals surface area (Å²) < 4.78 is 5.91. The Balaban J connectivity index is 2.47. The van der Waals surface area contributed by atoms with Gasteiger partial charge in [-0.25, -0.2) is 4.98 Å². The first-order chi connectivity index (χ1) is 5.74. The highest BCUT2D eigenvalue weighted by molar-refractivity contribution is 5.75. The fourth-order valence-electron chi connectivity index (χ4n) is 0.754. The summed E-state index contributed by atoms with van der Waals surface area (Å²) in [6.07, 6.45) is 2.87. The van der Waals surface area contributed by atoms with Crippen molar-refractivity contribution in [3.05, 3.63) is 12.7 Å². The highest BCUT2D eigenvalue weighted by Crippen LogP contribution is 1.88. The van der Waals surface area contributed by atoms with Gasteiger partial charge in [0.05, 0.1) is 13.7 Å². The summed E-state index contributed by atoms with van der Waals surface area (Å²) in [7, 11) is 1.30. The number of methoxy groups -OCH3 is 1. The van der Waals surface area contributed by atoms with E-state index in [1.807, 2.05) is 0 Å². The van der Waals surface area contributed by atoms with Crippen molar-refractivity contribution >= 4 is 5.97 Å². The number of carbonyl (C=O) groups excluding carboxylic acids is 1. The molecule has 0 amide bonds. The average Bonchev–Trinajstić information content (AvgIpc) is 2.55. The van der Waals surface area contributed by atoms with Crippen molar-refractivity contribution in [2.75, 3.05) is 7.11 Å². The maximum absolute atomic E-state index is 10.8. The Morgan fingerprint density at radius 1 is 1.83 bits per heavy atom. The summed E-state index contributed by atoms with van der Waals surface area (Å²) in [6.45, 7) is 0.284. The predicted molar refractivity (Wildman–Crippen MR) is 40.0 cm³/mol. The van der Waals surface area contributed by atoms with Crippen LogP contribution in [-0.2, 0) is 16.1 Å². The molecule has 1 aromatic rings. The molecule has 0 spiro atoms. The van der Waals surface area contributed by atoms with Crippen LogP contribution < -0.4 is 5.73 Å². The Labute approximate surface area is 69.3 Å². The second kappa shape index (κ2) is 3.82. The molecule has 0 aromatic carbocycles. The number of ether oxygens (including phenoxy) is 1. The second-order valence-corrected chi connectivity index (χ2v) is 2.25. The lowest BCUT2D eigenvalue weighted by Gasteiger charge is -2.07. The summed E-state index contributed by atoms with van der Waals surface area (Å²) >= 11 is 0. The third-order valence-electron chi connectivity index (χ3n) is 1.35. The number of hydrogen-bond donors (Lipinski definition) is 1. The molecule has 0 aliphatic heterocycles. The fourth-order valence-corrected chi connectivity index (χ4v) is 0.754. The van der Waals surface area contributed by atoms with Gasteiger partial charge in [0.25, 0.3) is 0 Å². The van der Waals surface area contributed by atoms with Gasteiger partial charge in [0, 0.05) is 0 Å². The van der Waals surface area contributed by atoms with Crippen molar-refractivity contribution < 1.29 is 9.53 Å². The van der Waals surface area contributed by atoms with Crippen LogP contribution in [0.5, 0.6) is 0 Å². The molecule has 2 N–H and O–H groups in total. The number of carbonyl (C=O) groups is 1. The van der Waals surface area contributed by atoms with Crippen LogP contribution in [0.2, 0.25) is 0 Å². The summed E-state index contributed by atoms with van der Waals surface area (Å²) in [6, 6.07) is -0.684. The summed E-state index contributed by atoms with van der Waals surface area (Å²) in [4.78, 5) is 14.5. The molecule has 6 nitrogen and oxygen atoms in total. The zero-order chi connectivity index (χ0) is 8.97. The standard InChI is InChI=1S/C6H10N4O2/c1-12-6(11)5(7)2-10-4-8-3-9-10/h3-5H,2,7H2,1H3. The van der Waals surface area contributed by atoms with E-state index in [0.717, 1.165) is 0 Å². The SMILES string of the molecule is COC(=O)C(N)Cn1cncn1. The van der Waals surface area contributed by atoms with Crippen LogP contribution in [0.4, 0.5) is 0 Å². The first-order valence-corrected chi connectivity index (χ1v) is 3.40. The predicted octanol–water partition coefficient (Wildman–Crippen LogP) is -1.22. The molecule has 0 aliphatic carbocycles. The van der Waals surface area contributed by atoms with Crippen LogP contribution in [0.1, 0.15) is 0 Å². The van der Waals surface area contributed by atoms with Gasteiger partial charge in [-0.15, -0.1) is 0 Å². The summed E-state index contributed by atoms with van der Waals surface area (Å²) in [5.74, 6) is -0.453. The third kappa shape index (κ3) is 2.03. The van der Waals surface area contributed by atoms with Crippen LogP contribution in [0.15, 0.2) is 12.7 Å². The van der Waals surface area contributed by atoms with Gasteiger partial charge in [0.2, 0.25) is 0 Å². The topological polar surface area (TPSA) is 83.0 Å². The average molecular weight is 170 g/mol. The van der Waals surface area contributed by atoms with Crippen LogP contribution in [0, 0.1) is 0 Å². The molecule has 1 aromatic heterocycles. The lowest BCUT2D eigenvalue weighted by molar-refractivity contribution is -0.142. The van der Waals surface area contributed by atoms with Crippen molar-refractivity contribution in [3.8, 4) is 0 Å². The van der Waals surface area contributed by atoms with E-state index in [9.17, 15) is 4.79 Å². The van der Waals surface area contributed by atoms with E-state index in [1.165, 1.54) is 24.4 Å². The van der Waals surface area contributed by atoms with E-state index in [-0.39, 0.29) is 6.54 Å². The first-order valence-electron chi connectivity index (χ1n) is 3.40. The minimum absolute atomic E-state index is 0.284. The first kappa shape index (κ1) is 8.66. The van der Waals surface area contributed by atoms with Gasteiger partial charge < -0.3 is 10.5 Å². The maximum atomic E-state index is 10.8. The lowest BCUT2D eigenvalue weighted by Crippen LogP contribution is -2.35. The number of aromatic nitrogens is 3. The normalized spacial score (nSPS) is 12.5. The van der Waals surface area contributed by atoms with Crippen molar-refractivity contribution in [1.82, 2.24) is 14.8 Å². The van der Waals surface area contributed by atoms with Gasteiger partial charge in [0.15, 0.2) is 0 Å². The van der Waals surface area contributed by atoms with Crippen LogP contribution >= 0.6 is 0 Å². The summed E-state index contributed by atoms with van der Waals surface area (Å²) in [5, 5.41) is 3.79. The van der Waals surface area contributed by atoms with Crippen molar-refractivity contribution in [3.63, 3.8) is 0 Å². The van der Waals surface area contributed by atoms with Gasteiger partial charge in [-0.2, -0.15) is 5.10 Å². The Morgan fingerprint density at radius 3 is 3.08 bits per heavy atom. The summed E-state index contributed by atoms with van der Waals surface area (Å²) in [5.41, 5.74) is 5.46. The molecule has 1 unspecified atom stereocenters. The van der Waals surface area contributed by atoms with E-state index in [1.54, 1.807) is 0 Å². The monoisotopic (exact) mass is 170 g/mol. The quantitative estimate of drug-likeness (QED) is 0.575. The molecule has 6 heteroatoms. The Bertz CT molecular complexity index is 246. The maximum Gasteiger partial charge on any atom is 0.324 e. The Morgan fingerprint density at radius 2 is 2.58 bits per heavy atom. The lowest BCUT2D eigenvalue weighted by atomic mass is 10.3. The van der Waals surface area contributed by atoms with Crippen molar-refractivity contribution in [2.45, 2.75) is 12.6 Å². The smallest absolute Gasteiger partial charge is 0.324 e. The third-order valence-corrected chi connectivity index (χ3v) is 1.35. The van der Waals surface area contributed by atoms with Crippen LogP contribution in [0.25, 0.3) is 0 Å². The van der Waals surface area contributed by atoms with E-state index in [2.05, 4.69) is 14.8 Å². The number of nitrogens with two attached hydrogens (primary N) is 1. The van der Waals surface area contributed by atoms with Gasteiger partial charge in [-0.1, -0.05) is 0 Å². The molecule has 0 radical (unpaired) electrons. The molecular weight excluding hydrogens is 160 g/mol. The van der Waals surface area contributed by atoms with Gasteiger partial charge in [-0.3, -0.25) is 9.48 Å². The van der Waals surface area contributed by atoms with E-state index in [0.29, 0.717) is 0 Å². The minimum Gasteiger partial charge on any atom is -0.468 e. The van der Waals surface area contributed by atoms with E-state index >= 15 is 0 Å². The molecular formula is C6H10N4O2. The molecule has 12 heavy (non-hydrogen) atoms. The highest BCUT2D eigenvalue weighted by atomic mass is 16.5. The van der Waals surface area contributed by atoms with Crippen LogP contribution in [0.3, 0.4) is 0 Å². The largest absolute Gasteiger partial charge is 0.468 e. The number of esters is 1. The molecule has 0 saturated heterocycles. The Hall–Kier alpha value is -1.43. The fraction of sp³-hybridized carbons (Fsp3) is 0.500. The van der Waals surface area contributed by atoms with Gasteiger partial charge >= 0.3 is 5.97 Å².